The maximum atomic E-state index is 13.5. The van der Waals surface area contributed by atoms with Gasteiger partial charge in [0.1, 0.15) is 0 Å². The molecule has 0 atom stereocenters. The summed E-state index contributed by atoms with van der Waals surface area (Å²) in [6.07, 6.45) is 0. The molecule has 0 bridgehead atoms. The molecule has 4 aromatic rings. The fourth-order valence-corrected chi connectivity index (χ4v) is 4.48. The number of amides is 1. The summed E-state index contributed by atoms with van der Waals surface area (Å²) in [5, 5.41) is 2.84. The molecule has 1 aromatic heterocycles. The second-order valence-electron chi connectivity index (χ2n) is 7.49. The van der Waals surface area contributed by atoms with E-state index < -0.39 is 0 Å². The van der Waals surface area contributed by atoms with Gasteiger partial charge in [-0.1, -0.05) is 41.7 Å². The Morgan fingerprint density at radius 1 is 1.00 bits per heavy atom. The highest BCUT2D eigenvalue weighted by Crippen LogP contribution is 2.40. The summed E-state index contributed by atoms with van der Waals surface area (Å²) >= 11 is 1.49. The minimum atomic E-state index is -0.0540. The number of hydrogen-bond acceptors (Lipinski definition) is 6. The number of thiazole rings is 1. The van der Waals surface area contributed by atoms with E-state index in [1.165, 1.54) is 11.3 Å². The van der Waals surface area contributed by atoms with Crippen LogP contribution in [0.25, 0.3) is 21.0 Å². The second-order valence-corrected chi connectivity index (χ2v) is 8.50. The minimum Gasteiger partial charge on any atom is -0.454 e. The Kier molecular flexibility index (Phi) is 6.00. The van der Waals surface area contributed by atoms with E-state index in [1.54, 1.807) is 4.90 Å². The molecule has 31 heavy (non-hydrogen) atoms. The molecule has 0 spiro atoms. The molecule has 1 aliphatic heterocycles. The van der Waals surface area contributed by atoms with E-state index in [-0.39, 0.29) is 25.1 Å². The summed E-state index contributed by atoms with van der Waals surface area (Å²) in [7, 11) is 3.99. The number of halogens is 1. The third-order valence-corrected chi connectivity index (χ3v) is 6.16. The van der Waals surface area contributed by atoms with Crippen molar-refractivity contribution < 1.29 is 14.3 Å². The molecule has 5 rings (SSSR count). The van der Waals surface area contributed by atoms with Crippen molar-refractivity contribution in [1.82, 2.24) is 9.88 Å². The molecule has 0 radical (unpaired) electrons. The lowest BCUT2D eigenvalue weighted by Crippen LogP contribution is -2.36. The van der Waals surface area contributed by atoms with Crippen LogP contribution in [-0.4, -0.2) is 49.8 Å². The van der Waals surface area contributed by atoms with Crippen LogP contribution in [0.2, 0.25) is 0 Å². The lowest BCUT2D eigenvalue weighted by molar-refractivity contribution is 0.0985. The Hall–Kier alpha value is -2.87. The number of ether oxygens (including phenoxy) is 2. The van der Waals surface area contributed by atoms with Crippen LogP contribution >= 0.6 is 23.7 Å². The number of nitrogens with zero attached hydrogens (tertiary/aromatic N) is 3. The summed E-state index contributed by atoms with van der Waals surface area (Å²) in [4.78, 5) is 22.1. The van der Waals surface area contributed by atoms with Crippen molar-refractivity contribution >= 4 is 55.8 Å². The first-order valence-electron chi connectivity index (χ1n) is 9.74. The van der Waals surface area contributed by atoms with Gasteiger partial charge in [-0.15, -0.1) is 12.4 Å². The van der Waals surface area contributed by atoms with Gasteiger partial charge in [-0.2, -0.15) is 0 Å². The molecule has 0 fully saturated rings. The van der Waals surface area contributed by atoms with E-state index in [0.717, 1.165) is 33.3 Å². The highest BCUT2D eigenvalue weighted by molar-refractivity contribution is 7.22. The average Bonchev–Trinajstić information content (AvgIpc) is 3.37. The van der Waals surface area contributed by atoms with Crippen molar-refractivity contribution in [2.24, 2.45) is 0 Å². The molecular formula is C23H22ClN3O3S. The number of aromatic nitrogens is 1. The quantitative estimate of drug-likeness (QED) is 0.432. The molecule has 0 aliphatic carbocycles. The zero-order valence-corrected chi connectivity index (χ0v) is 18.8. The first-order valence-corrected chi connectivity index (χ1v) is 10.6. The van der Waals surface area contributed by atoms with Crippen molar-refractivity contribution in [1.29, 1.82) is 0 Å². The van der Waals surface area contributed by atoms with Gasteiger partial charge in [-0.3, -0.25) is 9.69 Å². The van der Waals surface area contributed by atoms with Gasteiger partial charge in [0.05, 0.1) is 10.2 Å². The number of rotatable bonds is 5. The molecule has 6 nitrogen and oxygen atoms in total. The number of anilines is 1. The maximum Gasteiger partial charge on any atom is 0.260 e. The van der Waals surface area contributed by atoms with Gasteiger partial charge in [0.2, 0.25) is 6.79 Å². The summed E-state index contributed by atoms with van der Waals surface area (Å²) < 4.78 is 11.9. The van der Waals surface area contributed by atoms with Crippen LogP contribution in [-0.2, 0) is 0 Å². The van der Waals surface area contributed by atoms with Crippen LogP contribution in [0.5, 0.6) is 11.5 Å². The van der Waals surface area contributed by atoms with Crippen molar-refractivity contribution in [2.75, 3.05) is 38.9 Å². The molecule has 8 heteroatoms. The average molecular weight is 456 g/mol. The second kappa shape index (κ2) is 8.70. The molecule has 160 valence electrons. The van der Waals surface area contributed by atoms with Gasteiger partial charge in [0.15, 0.2) is 16.6 Å². The van der Waals surface area contributed by atoms with Crippen LogP contribution in [0, 0.1) is 0 Å². The van der Waals surface area contributed by atoms with Crippen LogP contribution in [0.4, 0.5) is 5.13 Å². The largest absolute Gasteiger partial charge is 0.454 e. The summed E-state index contributed by atoms with van der Waals surface area (Å²) in [6.45, 7) is 1.51. The third-order valence-electron chi connectivity index (χ3n) is 5.11. The van der Waals surface area contributed by atoms with Crippen molar-refractivity contribution in [3.8, 4) is 11.5 Å². The van der Waals surface area contributed by atoms with Gasteiger partial charge in [-0.05, 0) is 37.0 Å². The SMILES string of the molecule is CN(C)CCN(C(=O)c1ccc2ccccc2c1)c1nc2cc3c(cc2s1)OCO3.Cl. The summed E-state index contributed by atoms with van der Waals surface area (Å²) in [6, 6.07) is 17.7. The van der Waals surface area contributed by atoms with Crippen LogP contribution in [0.15, 0.2) is 54.6 Å². The van der Waals surface area contributed by atoms with Gasteiger partial charge in [0, 0.05) is 30.8 Å². The van der Waals surface area contributed by atoms with E-state index in [1.807, 2.05) is 68.7 Å². The third kappa shape index (κ3) is 4.17. The Labute approximate surface area is 190 Å². The molecule has 1 aliphatic rings. The maximum absolute atomic E-state index is 13.5. The topological polar surface area (TPSA) is 54.9 Å². The summed E-state index contributed by atoms with van der Waals surface area (Å²) in [5.74, 6) is 1.36. The number of benzene rings is 3. The first-order chi connectivity index (χ1) is 14.6. The van der Waals surface area contributed by atoms with Gasteiger partial charge >= 0.3 is 0 Å². The van der Waals surface area contributed by atoms with Crippen LogP contribution in [0.3, 0.4) is 0 Å². The van der Waals surface area contributed by atoms with Gasteiger partial charge < -0.3 is 14.4 Å². The Bertz CT molecular complexity index is 1220. The smallest absolute Gasteiger partial charge is 0.260 e. The Morgan fingerprint density at radius 3 is 2.52 bits per heavy atom. The lowest BCUT2D eigenvalue weighted by Gasteiger charge is -2.22. The normalized spacial score (nSPS) is 12.4. The number of hydrogen-bond donors (Lipinski definition) is 0. The van der Waals surface area contributed by atoms with Crippen LogP contribution < -0.4 is 14.4 Å². The van der Waals surface area contributed by atoms with Crippen molar-refractivity contribution in [2.45, 2.75) is 0 Å². The van der Waals surface area contributed by atoms with Gasteiger partial charge in [-0.25, -0.2) is 4.98 Å². The molecule has 0 saturated carbocycles. The van der Waals surface area contributed by atoms with E-state index in [9.17, 15) is 4.79 Å². The number of likely N-dealkylation sites (N-methyl/N-ethyl adjacent to an activating group) is 1. The molecule has 3 aromatic carbocycles. The summed E-state index contributed by atoms with van der Waals surface area (Å²) in [5.41, 5.74) is 1.46. The Morgan fingerprint density at radius 2 is 1.74 bits per heavy atom. The molecule has 0 N–H and O–H groups in total. The molecule has 0 unspecified atom stereocenters. The fraction of sp³-hybridized carbons (Fsp3) is 0.217. The number of fused-ring (bicyclic) bond motifs is 3. The monoisotopic (exact) mass is 455 g/mol. The predicted molar refractivity (Wildman–Crippen MR) is 127 cm³/mol. The molecule has 1 amide bonds. The zero-order valence-electron chi connectivity index (χ0n) is 17.2. The van der Waals surface area contributed by atoms with Gasteiger partial charge in [0.25, 0.3) is 5.91 Å². The standard InChI is InChI=1S/C23H21N3O3S.ClH/c1-25(2)9-10-26(22(27)17-8-7-15-5-3-4-6-16(15)11-17)23-24-18-12-19-20(29-14-28-19)13-21(18)30-23;/h3-8,11-13H,9-10,14H2,1-2H3;1H. The molecule has 0 saturated heterocycles. The van der Waals surface area contributed by atoms with Crippen molar-refractivity contribution in [3.05, 3.63) is 60.2 Å². The fourth-order valence-electron chi connectivity index (χ4n) is 3.48. The number of carbonyl (C=O) groups excluding carboxylic acids is 1. The van der Waals surface area contributed by atoms with E-state index >= 15 is 0 Å². The minimum absolute atomic E-state index is 0. The zero-order chi connectivity index (χ0) is 20.7. The molecule has 2 heterocycles. The highest BCUT2D eigenvalue weighted by atomic mass is 35.5. The van der Waals surface area contributed by atoms with E-state index in [4.69, 9.17) is 14.5 Å². The Balaban J connectivity index is 0.00000231. The number of carbonyl (C=O) groups is 1. The molecular weight excluding hydrogens is 434 g/mol. The predicted octanol–water partition coefficient (Wildman–Crippen LogP) is 4.81. The highest BCUT2D eigenvalue weighted by Gasteiger charge is 2.23. The lowest BCUT2D eigenvalue weighted by atomic mass is 10.1. The van der Waals surface area contributed by atoms with E-state index in [2.05, 4.69) is 4.90 Å². The first kappa shape index (κ1) is 21.4. The van der Waals surface area contributed by atoms with E-state index in [0.29, 0.717) is 23.0 Å². The van der Waals surface area contributed by atoms with Crippen molar-refractivity contribution in [3.63, 3.8) is 0 Å². The van der Waals surface area contributed by atoms with Crippen LogP contribution in [0.1, 0.15) is 10.4 Å².